The number of carbonyl (C=O) groups is 1. The molecule has 1 heterocycles. The number of phenolic OH excluding ortho intramolecular Hbond substituents is 1. The number of ketones is 1. The number of carbonyl (C=O) groups excluding carboxylic acids is 1. The number of hydrogen-bond donors (Lipinski definition) is 2. The van der Waals surface area contributed by atoms with Crippen molar-refractivity contribution >= 4 is 5.78 Å². The monoisotopic (exact) mass is 315 g/mol. The Kier molecular flexibility index (Phi) is 3.24. The van der Waals surface area contributed by atoms with Crippen LogP contribution in [0.2, 0.25) is 0 Å². The lowest BCUT2D eigenvalue weighted by molar-refractivity contribution is -0.134. The van der Waals surface area contributed by atoms with E-state index in [0.29, 0.717) is 35.8 Å². The van der Waals surface area contributed by atoms with Gasteiger partial charge in [-0.15, -0.1) is 0 Å². The molecule has 2 bridgehead atoms. The van der Waals surface area contributed by atoms with Crippen LogP contribution in [0.4, 0.5) is 0 Å². The molecule has 4 heteroatoms. The van der Waals surface area contributed by atoms with Crippen molar-refractivity contribution in [3.8, 4) is 11.5 Å². The molecule has 23 heavy (non-hydrogen) atoms. The smallest absolute Gasteiger partial charge is 0.161 e. The van der Waals surface area contributed by atoms with Crippen molar-refractivity contribution < 1.29 is 14.6 Å². The predicted molar refractivity (Wildman–Crippen MR) is 87.9 cm³/mol. The van der Waals surface area contributed by atoms with Crippen LogP contribution >= 0.6 is 0 Å². The summed E-state index contributed by atoms with van der Waals surface area (Å²) in [6.07, 6.45) is 2.38. The van der Waals surface area contributed by atoms with Gasteiger partial charge in [0.15, 0.2) is 11.5 Å². The van der Waals surface area contributed by atoms with Crippen LogP contribution in [-0.2, 0) is 16.6 Å². The number of hydrogen-bond acceptors (Lipinski definition) is 4. The van der Waals surface area contributed by atoms with Crippen molar-refractivity contribution in [1.82, 2.24) is 5.32 Å². The van der Waals surface area contributed by atoms with Gasteiger partial charge in [0, 0.05) is 29.4 Å². The van der Waals surface area contributed by atoms with E-state index in [1.807, 2.05) is 6.07 Å². The molecule has 1 aliphatic heterocycles. The number of fused-ring (bicyclic) bond motifs is 1. The Morgan fingerprint density at radius 3 is 2.87 bits per heavy atom. The summed E-state index contributed by atoms with van der Waals surface area (Å²) in [5.41, 5.74) is 1.93. The number of piperidine rings is 1. The van der Waals surface area contributed by atoms with Gasteiger partial charge < -0.3 is 15.2 Å². The van der Waals surface area contributed by atoms with Gasteiger partial charge in [-0.2, -0.15) is 0 Å². The van der Waals surface area contributed by atoms with Crippen molar-refractivity contribution in [2.45, 2.75) is 44.6 Å². The minimum atomic E-state index is -0.231. The van der Waals surface area contributed by atoms with Gasteiger partial charge in [0.1, 0.15) is 5.78 Å². The molecule has 4 nitrogen and oxygen atoms in total. The molecule has 0 amide bonds. The lowest BCUT2D eigenvalue weighted by Crippen LogP contribution is -2.64. The summed E-state index contributed by atoms with van der Waals surface area (Å²) in [5.74, 6) is 1.94. The van der Waals surface area contributed by atoms with Crippen molar-refractivity contribution in [3.05, 3.63) is 23.3 Å². The van der Waals surface area contributed by atoms with E-state index in [-0.39, 0.29) is 17.1 Å². The topological polar surface area (TPSA) is 58.6 Å². The number of nitrogens with one attached hydrogen (secondary N) is 1. The van der Waals surface area contributed by atoms with Gasteiger partial charge in [-0.3, -0.25) is 4.79 Å². The fraction of sp³-hybridized carbons (Fsp3) is 0.632. The Labute approximate surface area is 137 Å². The lowest BCUT2D eigenvalue weighted by atomic mass is 9.48. The second kappa shape index (κ2) is 4.97. The Morgan fingerprint density at radius 2 is 2.13 bits per heavy atom. The average molecular weight is 315 g/mol. The molecule has 1 saturated heterocycles. The molecule has 0 unspecified atom stereocenters. The number of ether oxygens (including phenoxy) is 1. The summed E-state index contributed by atoms with van der Waals surface area (Å²) in [4.78, 5) is 12.7. The van der Waals surface area contributed by atoms with E-state index in [1.54, 1.807) is 7.11 Å². The summed E-state index contributed by atoms with van der Waals surface area (Å²) in [6, 6.07) is 4.31. The zero-order valence-electron chi connectivity index (χ0n) is 14.1. The Balaban J connectivity index is 1.96. The fourth-order valence-electron chi connectivity index (χ4n) is 5.63. The minimum absolute atomic E-state index is 0.102. The van der Waals surface area contributed by atoms with E-state index in [2.05, 4.69) is 25.2 Å². The summed E-state index contributed by atoms with van der Waals surface area (Å²) in [7, 11) is 1.58. The van der Waals surface area contributed by atoms with Crippen LogP contribution in [0.3, 0.4) is 0 Å². The first kappa shape index (κ1) is 15.0. The van der Waals surface area contributed by atoms with Crippen LogP contribution in [0.1, 0.15) is 37.8 Å². The predicted octanol–water partition coefficient (Wildman–Crippen LogP) is 2.42. The molecule has 0 spiro atoms. The summed E-state index contributed by atoms with van der Waals surface area (Å²) >= 11 is 0. The number of Topliss-reactive ketones (excluding diaryl/α,β-unsaturated/α-hetero) is 1. The molecule has 0 aromatic heterocycles. The third kappa shape index (κ3) is 1.84. The molecular formula is C19H25NO3. The fourth-order valence-corrected chi connectivity index (χ4v) is 5.63. The molecule has 124 valence electrons. The van der Waals surface area contributed by atoms with Crippen LogP contribution < -0.4 is 10.1 Å². The molecule has 3 aliphatic rings. The lowest BCUT2D eigenvalue weighted by Gasteiger charge is -2.58. The quantitative estimate of drug-likeness (QED) is 0.835. The van der Waals surface area contributed by atoms with Crippen molar-refractivity contribution in [2.24, 2.45) is 17.8 Å². The highest BCUT2D eigenvalue weighted by Gasteiger charge is 2.58. The summed E-state index contributed by atoms with van der Waals surface area (Å²) in [5, 5.41) is 14.5. The largest absolute Gasteiger partial charge is 0.504 e. The van der Waals surface area contributed by atoms with Crippen LogP contribution in [0.5, 0.6) is 11.5 Å². The van der Waals surface area contributed by atoms with Crippen molar-refractivity contribution in [1.29, 1.82) is 0 Å². The highest BCUT2D eigenvalue weighted by Crippen LogP contribution is 2.59. The highest BCUT2D eigenvalue weighted by atomic mass is 16.5. The van der Waals surface area contributed by atoms with Crippen molar-refractivity contribution in [3.63, 3.8) is 0 Å². The molecule has 1 saturated carbocycles. The van der Waals surface area contributed by atoms with Gasteiger partial charge in [-0.1, -0.05) is 19.9 Å². The first-order chi connectivity index (χ1) is 11.0. The van der Waals surface area contributed by atoms with Gasteiger partial charge in [0.2, 0.25) is 0 Å². The molecule has 2 fully saturated rings. The van der Waals surface area contributed by atoms with E-state index < -0.39 is 0 Å². The summed E-state index contributed by atoms with van der Waals surface area (Å²) in [6.45, 7) is 5.19. The van der Waals surface area contributed by atoms with Gasteiger partial charge in [-0.25, -0.2) is 0 Å². The zero-order chi connectivity index (χ0) is 16.4. The molecule has 1 aromatic carbocycles. The standard InChI is InChI=1S/C19H25NO3/c1-10-11(2)16-13-8-12-4-5-15(23-3)18(22)17(12)19(16,6-7-20-13)9-14(10)21/h4-5,10-11,13,16,20,22H,6-9H2,1-3H3/t10-,11-,13+,16-,19-/m0/s1. The third-order valence-corrected chi connectivity index (χ3v) is 6.79. The maximum Gasteiger partial charge on any atom is 0.161 e. The van der Waals surface area contributed by atoms with E-state index >= 15 is 0 Å². The van der Waals surface area contributed by atoms with Crippen LogP contribution in [0.15, 0.2) is 12.1 Å². The van der Waals surface area contributed by atoms with E-state index in [1.165, 1.54) is 5.56 Å². The molecular weight excluding hydrogens is 290 g/mol. The minimum Gasteiger partial charge on any atom is -0.504 e. The number of aromatic hydroxyl groups is 1. The average Bonchev–Trinajstić information content (AvgIpc) is 2.52. The van der Waals surface area contributed by atoms with Gasteiger partial charge >= 0.3 is 0 Å². The Morgan fingerprint density at radius 1 is 1.35 bits per heavy atom. The molecule has 2 aliphatic carbocycles. The zero-order valence-corrected chi connectivity index (χ0v) is 14.1. The number of rotatable bonds is 1. The van der Waals surface area contributed by atoms with Crippen LogP contribution in [-0.4, -0.2) is 30.6 Å². The number of benzene rings is 1. The maximum absolute atomic E-state index is 12.7. The molecule has 1 aromatic rings. The van der Waals surface area contributed by atoms with Crippen molar-refractivity contribution in [2.75, 3.05) is 13.7 Å². The Bertz CT molecular complexity index is 671. The second-order valence-electron chi connectivity index (χ2n) is 7.64. The third-order valence-electron chi connectivity index (χ3n) is 6.79. The molecule has 5 atom stereocenters. The van der Waals surface area contributed by atoms with Gasteiger partial charge in [0.05, 0.1) is 7.11 Å². The van der Waals surface area contributed by atoms with Gasteiger partial charge in [0.25, 0.3) is 0 Å². The molecule has 2 N–H and O–H groups in total. The first-order valence-electron chi connectivity index (χ1n) is 8.65. The SMILES string of the molecule is COc1ccc2c(c1O)[C@]13CCN[C@H](C2)[C@@H]1[C@@H](C)[C@H](C)C(=O)C3. The summed E-state index contributed by atoms with van der Waals surface area (Å²) < 4.78 is 5.35. The second-order valence-corrected chi connectivity index (χ2v) is 7.64. The van der Waals surface area contributed by atoms with E-state index in [4.69, 9.17) is 4.74 Å². The van der Waals surface area contributed by atoms with E-state index in [0.717, 1.165) is 24.9 Å². The van der Waals surface area contributed by atoms with Crippen LogP contribution in [0, 0.1) is 17.8 Å². The number of methoxy groups -OCH3 is 1. The molecule has 4 rings (SSSR count). The first-order valence-corrected chi connectivity index (χ1v) is 8.65. The van der Waals surface area contributed by atoms with Gasteiger partial charge in [-0.05, 0) is 42.9 Å². The Hall–Kier alpha value is -1.55. The normalized spacial score (nSPS) is 38.7. The maximum atomic E-state index is 12.7. The number of phenols is 1. The molecule has 0 radical (unpaired) electrons. The van der Waals surface area contributed by atoms with E-state index in [9.17, 15) is 9.90 Å². The van der Waals surface area contributed by atoms with Crippen LogP contribution in [0.25, 0.3) is 0 Å². The highest BCUT2D eigenvalue weighted by molar-refractivity contribution is 5.84.